The van der Waals surface area contributed by atoms with E-state index in [4.69, 9.17) is 10.2 Å². The van der Waals surface area contributed by atoms with E-state index in [0.717, 1.165) is 0 Å². The van der Waals surface area contributed by atoms with E-state index in [0.29, 0.717) is 5.56 Å². The second-order valence-corrected chi connectivity index (χ2v) is 2.15. The number of hydrogen-bond donors (Lipinski definition) is 2. The van der Waals surface area contributed by atoms with Crippen molar-refractivity contribution in [1.29, 1.82) is 0 Å². The first-order valence-electron chi connectivity index (χ1n) is 3.17. The fourth-order valence-electron chi connectivity index (χ4n) is 0.778. The molecule has 0 aliphatic heterocycles. The van der Waals surface area contributed by atoms with Crippen LogP contribution in [0.25, 0.3) is 0 Å². The Kier molecular flexibility index (Phi) is 5.90. The summed E-state index contributed by atoms with van der Waals surface area (Å²) < 4.78 is 0. The number of aliphatic hydroxyl groups excluding tert-OH is 1. The van der Waals surface area contributed by atoms with E-state index >= 15 is 0 Å². The molecule has 0 aromatic heterocycles. The number of carboxylic acid groups (broad SMARTS) is 1. The molecular weight excluding hydrogens is 281 g/mol. The number of hydrogen-bond acceptors (Lipinski definition) is 2. The van der Waals surface area contributed by atoms with Gasteiger partial charge in [-0.15, -0.1) is 0 Å². The zero-order valence-corrected chi connectivity index (χ0v) is 5.77. The van der Waals surface area contributed by atoms with E-state index in [-0.39, 0.29) is 48.9 Å². The van der Waals surface area contributed by atoms with Gasteiger partial charge in [-0.05, 0) is 5.56 Å². The van der Waals surface area contributed by atoms with E-state index in [1.807, 2.05) is 0 Å². The molecule has 0 spiro atoms. The summed E-state index contributed by atoms with van der Waals surface area (Å²) in [6.07, 6.45) is -1.41. The average molecular weight is 291 g/mol. The van der Waals surface area contributed by atoms with Gasteiger partial charge in [0.05, 0.1) is 0 Å². The van der Waals surface area contributed by atoms with Gasteiger partial charge in [-0.1, -0.05) is 30.3 Å². The molecule has 3 nitrogen and oxygen atoms in total. The Morgan fingerprint density at radius 2 is 1.75 bits per heavy atom. The normalized spacial score (nSPS) is 11.4. The Labute approximate surface area is 110 Å². The molecule has 0 heterocycles. The van der Waals surface area contributed by atoms with Crippen LogP contribution < -0.4 is 0 Å². The fraction of sp³-hybridized carbons (Fsp3) is 0.125. The molecule has 12 heavy (non-hydrogen) atoms. The fourth-order valence-corrected chi connectivity index (χ4v) is 0.778. The summed E-state index contributed by atoms with van der Waals surface area (Å²) in [6.45, 7) is 0. The third-order valence-electron chi connectivity index (χ3n) is 1.35. The summed E-state index contributed by atoms with van der Waals surface area (Å²) >= 11 is 0. The molecule has 0 saturated heterocycles. The Morgan fingerprint density at radius 1 is 1.25 bits per heavy atom. The number of aliphatic hydroxyl groups is 1. The van der Waals surface area contributed by atoms with Gasteiger partial charge in [0.25, 0.3) is 0 Å². The van der Waals surface area contributed by atoms with Gasteiger partial charge in [0, 0.05) is 0 Å². The number of carboxylic acids is 1. The quantitative estimate of drug-likeness (QED) is 0.748. The van der Waals surface area contributed by atoms with Gasteiger partial charge < -0.3 is 10.2 Å². The average Bonchev–Trinajstić information content (AvgIpc) is 2.05. The van der Waals surface area contributed by atoms with Crippen LogP contribution in [0.5, 0.6) is 0 Å². The molecule has 0 amide bonds. The zero-order chi connectivity index (χ0) is 8.27. The van der Waals surface area contributed by atoms with Crippen LogP contribution in [0.2, 0.25) is 0 Å². The molecule has 0 aliphatic rings. The predicted octanol–water partition coefficient (Wildman–Crippen LogP) is -0.112. The SMILES string of the molecule is O=C(O)[C@H](O)c1ccccc1.[BaH2]. The number of aliphatic carboxylic acids is 1. The van der Waals surface area contributed by atoms with Crippen molar-refractivity contribution in [3.8, 4) is 0 Å². The molecule has 0 aliphatic carbocycles. The van der Waals surface area contributed by atoms with Crippen LogP contribution >= 0.6 is 0 Å². The van der Waals surface area contributed by atoms with E-state index < -0.39 is 12.1 Å². The summed E-state index contributed by atoms with van der Waals surface area (Å²) in [4.78, 5) is 10.2. The predicted molar refractivity (Wildman–Crippen MR) is 47.6 cm³/mol. The summed E-state index contributed by atoms with van der Waals surface area (Å²) in [5.41, 5.74) is 0.403. The van der Waals surface area contributed by atoms with Crippen LogP contribution in [0.15, 0.2) is 30.3 Å². The van der Waals surface area contributed by atoms with Gasteiger partial charge in [-0.2, -0.15) is 0 Å². The van der Waals surface area contributed by atoms with Gasteiger partial charge in [0.15, 0.2) is 6.10 Å². The van der Waals surface area contributed by atoms with Crippen molar-refractivity contribution in [2.75, 3.05) is 0 Å². The molecule has 0 unspecified atom stereocenters. The number of rotatable bonds is 2. The van der Waals surface area contributed by atoms with Gasteiger partial charge in [-0.3, -0.25) is 0 Å². The van der Waals surface area contributed by atoms with Crippen LogP contribution in [0.3, 0.4) is 0 Å². The van der Waals surface area contributed by atoms with Crippen LogP contribution in [-0.4, -0.2) is 65.1 Å². The first-order valence-corrected chi connectivity index (χ1v) is 3.17. The van der Waals surface area contributed by atoms with Crippen molar-refractivity contribution in [3.05, 3.63) is 35.9 Å². The Bertz CT molecular complexity index is 248. The van der Waals surface area contributed by atoms with Crippen LogP contribution in [0, 0.1) is 0 Å². The van der Waals surface area contributed by atoms with Crippen molar-refractivity contribution in [2.45, 2.75) is 6.10 Å². The molecule has 1 atom stereocenters. The minimum absolute atomic E-state index is 0. The van der Waals surface area contributed by atoms with Crippen LogP contribution in [0.4, 0.5) is 0 Å². The van der Waals surface area contributed by atoms with E-state index in [1.165, 1.54) is 0 Å². The Morgan fingerprint density at radius 3 is 2.17 bits per heavy atom. The second-order valence-electron chi connectivity index (χ2n) is 2.15. The van der Waals surface area contributed by atoms with E-state index in [2.05, 4.69) is 0 Å². The van der Waals surface area contributed by atoms with E-state index in [1.54, 1.807) is 30.3 Å². The molecule has 1 aromatic carbocycles. The van der Waals surface area contributed by atoms with Gasteiger partial charge >= 0.3 is 54.9 Å². The third kappa shape index (κ3) is 3.30. The van der Waals surface area contributed by atoms with E-state index in [9.17, 15) is 4.79 Å². The standard InChI is InChI=1S/C8H8O3.Ba.2H/c9-7(8(10)11)6-4-2-1-3-5-6;;;/h1-5,7,9H,(H,10,11);;;/t7-;;;/m1.../s1. The van der Waals surface area contributed by atoms with Crippen LogP contribution in [-0.2, 0) is 4.79 Å². The molecule has 0 saturated carbocycles. The first-order chi connectivity index (χ1) is 5.22. The Hall–Kier alpha value is 0.221. The topological polar surface area (TPSA) is 57.5 Å². The molecule has 1 rings (SSSR count). The monoisotopic (exact) mass is 292 g/mol. The summed E-state index contributed by atoms with van der Waals surface area (Å²) in [5.74, 6) is -1.23. The third-order valence-corrected chi connectivity index (χ3v) is 1.35. The second kappa shape index (κ2) is 5.80. The molecule has 1 aromatic rings. The van der Waals surface area contributed by atoms with Gasteiger partial charge in [0.1, 0.15) is 0 Å². The summed E-state index contributed by atoms with van der Waals surface area (Å²) in [5, 5.41) is 17.4. The van der Waals surface area contributed by atoms with Crippen molar-refractivity contribution in [2.24, 2.45) is 0 Å². The minimum atomic E-state index is -1.41. The van der Waals surface area contributed by atoms with Gasteiger partial charge in [0.2, 0.25) is 0 Å². The first kappa shape index (κ1) is 12.2. The zero-order valence-electron chi connectivity index (χ0n) is 5.77. The van der Waals surface area contributed by atoms with Gasteiger partial charge in [-0.25, -0.2) is 4.79 Å². The molecule has 2 N–H and O–H groups in total. The summed E-state index contributed by atoms with van der Waals surface area (Å²) in [7, 11) is 0. The van der Waals surface area contributed by atoms with Crippen molar-refractivity contribution in [3.63, 3.8) is 0 Å². The van der Waals surface area contributed by atoms with Crippen molar-refractivity contribution >= 4 is 54.9 Å². The van der Waals surface area contributed by atoms with Crippen molar-refractivity contribution in [1.82, 2.24) is 0 Å². The molecular formula is C8H10BaO3. The molecule has 0 radical (unpaired) electrons. The van der Waals surface area contributed by atoms with Crippen molar-refractivity contribution < 1.29 is 15.0 Å². The number of benzene rings is 1. The molecule has 0 bridgehead atoms. The maximum atomic E-state index is 10.2. The van der Waals surface area contributed by atoms with Crippen LogP contribution in [0.1, 0.15) is 11.7 Å². The number of carbonyl (C=O) groups is 1. The molecule has 62 valence electrons. The molecule has 4 heteroatoms. The molecule has 0 fully saturated rings. The maximum absolute atomic E-state index is 10.2. The Balaban J connectivity index is 0.00000121. The summed E-state index contributed by atoms with van der Waals surface area (Å²) in [6, 6.07) is 8.26.